The second kappa shape index (κ2) is 7.25. The van der Waals surface area contributed by atoms with Gasteiger partial charge in [0.1, 0.15) is 23.6 Å². The molecule has 7 heteroatoms. The summed E-state index contributed by atoms with van der Waals surface area (Å²) in [7, 11) is 0. The number of aromatic nitrogens is 3. The van der Waals surface area contributed by atoms with E-state index >= 15 is 0 Å². The summed E-state index contributed by atoms with van der Waals surface area (Å²) in [5, 5.41) is 9.79. The standard InChI is InChI=1S/C20H16ClN3O3/c1-13-2-7-18-14(9-20(25)27-19(18)8-13)10-24-11-16(22-23-24)12-26-17-5-3-15(21)4-6-17/h2-9,11H,10,12H2,1H3. The van der Waals surface area contributed by atoms with E-state index in [9.17, 15) is 4.79 Å². The predicted molar refractivity (Wildman–Crippen MR) is 102 cm³/mol. The van der Waals surface area contributed by atoms with Gasteiger partial charge in [-0.15, -0.1) is 5.10 Å². The van der Waals surface area contributed by atoms with Crippen molar-refractivity contribution in [2.24, 2.45) is 0 Å². The number of fused-ring (bicyclic) bond motifs is 1. The zero-order valence-electron chi connectivity index (χ0n) is 14.6. The number of hydrogen-bond donors (Lipinski definition) is 0. The molecule has 27 heavy (non-hydrogen) atoms. The molecule has 0 bridgehead atoms. The van der Waals surface area contributed by atoms with Crippen LogP contribution < -0.4 is 10.4 Å². The van der Waals surface area contributed by atoms with Crippen molar-refractivity contribution in [3.63, 3.8) is 0 Å². The fraction of sp³-hybridized carbons (Fsp3) is 0.150. The van der Waals surface area contributed by atoms with Gasteiger partial charge in [0.15, 0.2) is 0 Å². The Morgan fingerprint density at radius 1 is 1.15 bits per heavy atom. The van der Waals surface area contributed by atoms with Gasteiger partial charge in [-0.1, -0.05) is 28.9 Å². The maximum Gasteiger partial charge on any atom is 0.336 e. The monoisotopic (exact) mass is 381 g/mol. The van der Waals surface area contributed by atoms with Gasteiger partial charge in [-0.05, 0) is 48.4 Å². The first-order valence-corrected chi connectivity index (χ1v) is 8.75. The first-order chi connectivity index (χ1) is 13.1. The van der Waals surface area contributed by atoms with Crippen LogP contribution in [0.15, 0.2) is 63.9 Å². The van der Waals surface area contributed by atoms with Crippen molar-refractivity contribution in [3.05, 3.63) is 87.0 Å². The van der Waals surface area contributed by atoms with Gasteiger partial charge in [0, 0.05) is 16.5 Å². The van der Waals surface area contributed by atoms with Gasteiger partial charge in [0.25, 0.3) is 0 Å². The van der Waals surface area contributed by atoms with E-state index in [0.29, 0.717) is 35.2 Å². The summed E-state index contributed by atoms with van der Waals surface area (Å²) in [5.41, 5.74) is 2.74. The molecule has 0 saturated carbocycles. The number of benzene rings is 2. The summed E-state index contributed by atoms with van der Waals surface area (Å²) in [5.74, 6) is 0.705. The van der Waals surface area contributed by atoms with E-state index in [-0.39, 0.29) is 5.63 Å². The molecule has 0 aliphatic rings. The minimum atomic E-state index is -0.380. The van der Waals surface area contributed by atoms with Gasteiger partial charge >= 0.3 is 5.63 Å². The average Bonchev–Trinajstić information content (AvgIpc) is 3.08. The molecule has 0 radical (unpaired) electrons. The highest BCUT2D eigenvalue weighted by molar-refractivity contribution is 6.30. The summed E-state index contributed by atoms with van der Waals surface area (Å²) >= 11 is 5.86. The van der Waals surface area contributed by atoms with Crippen LogP contribution in [0, 0.1) is 6.92 Å². The van der Waals surface area contributed by atoms with Gasteiger partial charge in [-0.2, -0.15) is 0 Å². The smallest absolute Gasteiger partial charge is 0.336 e. The van der Waals surface area contributed by atoms with Crippen molar-refractivity contribution in [1.29, 1.82) is 0 Å². The second-order valence-corrected chi connectivity index (χ2v) is 6.68. The van der Waals surface area contributed by atoms with Crippen molar-refractivity contribution in [2.75, 3.05) is 0 Å². The summed E-state index contributed by atoms with van der Waals surface area (Å²) < 4.78 is 12.6. The maximum atomic E-state index is 11.9. The SMILES string of the molecule is Cc1ccc2c(Cn3cc(COc4ccc(Cl)cc4)nn3)cc(=O)oc2c1. The molecule has 0 N–H and O–H groups in total. The Labute approximate surface area is 160 Å². The van der Waals surface area contributed by atoms with Gasteiger partial charge in [0.2, 0.25) is 0 Å². The third-order valence-corrected chi connectivity index (χ3v) is 4.36. The average molecular weight is 382 g/mol. The van der Waals surface area contributed by atoms with Crippen LogP contribution in [0.1, 0.15) is 16.8 Å². The summed E-state index contributed by atoms with van der Waals surface area (Å²) in [6, 6.07) is 14.4. The van der Waals surface area contributed by atoms with Crippen LogP contribution in [0.5, 0.6) is 5.75 Å². The minimum absolute atomic E-state index is 0.290. The van der Waals surface area contributed by atoms with E-state index in [1.807, 2.05) is 25.1 Å². The Morgan fingerprint density at radius 2 is 1.96 bits per heavy atom. The minimum Gasteiger partial charge on any atom is -0.487 e. The van der Waals surface area contributed by atoms with Crippen molar-refractivity contribution >= 4 is 22.6 Å². The molecule has 136 valence electrons. The molecule has 0 aliphatic heterocycles. The fourth-order valence-corrected chi connectivity index (χ4v) is 2.94. The first-order valence-electron chi connectivity index (χ1n) is 8.37. The molecule has 4 rings (SSSR count). The van der Waals surface area contributed by atoms with Crippen molar-refractivity contribution in [1.82, 2.24) is 15.0 Å². The Kier molecular flexibility index (Phi) is 4.64. The highest BCUT2D eigenvalue weighted by Crippen LogP contribution is 2.20. The second-order valence-electron chi connectivity index (χ2n) is 6.24. The first kappa shape index (κ1) is 17.3. The lowest BCUT2D eigenvalue weighted by Gasteiger charge is -2.06. The molecule has 0 atom stereocenters. The van der Waals surface area contributed by atoms with Crippen molar-refractivity contribution in [3.8, 4) is 5.75 Å². The number of rotatable bonds is 5. The third kappa shape index (κ3) is 4.01. The summed E-state index contributed by atoms with van der Waals surface area (Å²) in [6.07, 6.45) is 1.80. The van der Waals surface area contributed by atoms with Crippen LogP contribution in [0.4, 0.5) is 0 Å². The highest BCUT2D eigenvalue weighted by Gasteiger charge is 2.09. The van der Waals surface area contributed by atoms with Gasteiger partial charge in [-0.25, -0.2) is 9.48 Å². The Hall–Kier alpha value is -3.12. The van der Waals surface area contributed by atoms with Crippen LogP contribution in [0.3, 0.4) is 0 Å². The summed E-state index contributed by atoms with van der Waals surface area (Å²) in [4.78, 5) is 11.9. The number of halogens is 1. The lowest BCUT2D eigenvalue weighted by Crippen LogP contribution is -2.06. The van der Waals surface area contributed by atoms with E-state index in [4.69, 9.17) is 20.8 Å². The zero-order valence-corrected chi connectivity index (χ0v) is 15.3. The molecular weight excluding hydrogens is 366 g/mol. The maximum absolute atomic E-state index is 11.9. The lowest BCUT2D eigenvalue weighted by molar-refractivity contribution is 0.301. The zero-order chi connectivity index (χ0) is 18.8. The van der Waals surface area contributed by atoms with Crippen LogP contribution in [0.25, 0.3) is 11.0 Å². The lowest BCUT2D eigenvalue weighted by atomic mass is 10.1. The Bertz CT molecular complexity index is 1150. The molecule has 2 aromatic carbocycles. The molecule has 6 nitrogen and oxygen atoms in total. The predicted octanol–water partition coefficient (Wildman–Crippen LogP) is 3.97. The van der Waals surface area contributed by atoms with Crippen molar-refractivity contribution in [2.45, 2.75) is 20.1 Å². The molecule has 2 aromatic heterocycles. The molecule has 0 aliphatic carbocycles. The van der Waals surface area contributed by atoms with Crippen LogP contribution in [-0.2, 0) is 13.2 Å². The molecule has 0 amide bonds. The fourth-order valence-electron chi connectivity index (χ4n) is 2.81. The highest BCUT2D eigenvalue weighted by atomic mass is 35.5. The largest absolute Gasteiger partial charge is 0.487 e. The number of nitrogens with zero attached hydrogens (tertiary/aromatic N) is 3. The normalized spacial score (nSPS) is 11.0. The Morgan fingerprint density at radius 3 is 2.78 bits per heavy atom. The van der Waals surface area contributed by atoms with Gasteiger partial charge in [0.05, 0.1) is 12.7 Å². The van der Waals surface area contributed by atoms with Gasteiger partial charge < -0.3 is 9.15 Å². The van der Waals surface area contributed by atoms with E-state index < -0.39 is 0 Å². The topological polar surface area (TPSA) is 70.2 Å². The van der Waals surface area contributed by atoms with E-state index in [1.54, 1.807) is 35.1 Å². The molecule has 4 aromatic rings. The molecule has 0 saturated heterocycles. The van der Waals surface area contributed by atoms with Crippen molar-refractivity contribution < 1.29 is 9.15 Å². The molecule has 0 unspecified atom stereocenters. The number of ether oxygens (including phenoxy) is 1. The van der Waals surface area contributed by atoms with E-state index in [1.165, 1.54) is 6.07 Å². The molecule has 0 fully saturated rings. The van der Waals surface area contributed by atoms with Crippen LogP contribution in [0.2, 0.25) is 5.02 Å². The quantitative estimate of drug-likeness (QED) is 0.489. The molecular formula is C20H16ClN3O3. The Balaban J connectivity index is 1.52. The number of hydrogen-bond acceptors (Lipinski definition) is 5. The molecule has 0 spiro atoms. The molecule has 2 heterocycles. The van der Waals surface area contributed by atoms with Gasteiger partial charge in [-0.3, -0.25) is 0 Å². The number of aryl methyl sites for hydroxylation is 1. The van der Waals surface area contributed by atoms with Crippen LogP contribution in [-0.4, -0.2) is 15.0 Å². The van der Waals surface area contributed by atoms with E-state index in [2.05, 4.69) is 10.3 Å². The third-order valence-electron chi connectivity index (χ3n) is 4.10. The summed E-state index contributed by atoms with van der Waals surface area (Å²) in [6.45, 7) is 2.66. The van der Waals surface area contributed by atoms with E-state index in [0.717, 1.165) is 16.5 Å². The van der Waals surface area contributed by atoms with Crippen LogP contribution >= 0.6 is 11.6 Å².